The zero-order valence-corrected chi connectivity index (χ0v) is 13.7. The number of piperazine rings is 1. The quantitative estimate of drug-likeness (QED) is 0.683. The maximum Gasteiger partial charge on any atom is 0.291 e. The highest BCUT2D eigenvalue weighted by molar-refractivity contribution is 7.13. The zero-order valence-electron chi connectivity index (χ0n) is 12.9. The maximum atomic E-state index is 12.5. The lowest BCUT2D eigenvalue weighted by molar-refractivity contribution is -0.132. The molecule has 0 spiro atoms. The van der Waals surface area contributed by atoms with Crippen molar-refractivity contribution in [3.8, 4) is 0 Å². The first-order chi connectivity index (χ1) is 11.7. The number of carbonyl (C=O) groups excluding carboxylic acids is 1. The predicted molar refractivity (Wildman–Crippen MR) is 90.4 cm³/mol. The number of fused-ring (bicyclic) bond motifs is 1. The highest BCUT2D eigenvalue weighted by Gasteiger charge is 2.23. The standard InChI is InChI=1S/C15H16N6O2S/c22-13(10-21-14(23)12-2-1-4-20(12)11-17-21)18-5-7-19(8-6-18)15-16-3-9-24-15/h1-4,9,11H,5-8,10H2. The van der Waals surface area contributed by atoms with Crippen molar-refractivity contribution in [1.82, 2.24) is 24.1 Å². The minimum Gasteiger partial charge on any atom is -0.345 e. The average Bonchev–Trinajstić information content (AvgIpc) is 3.29. The van der Waals surface area contributed by atoms with Crippen LogP contribution in [0.15, 0.2) is 41.0 Å². The summed E-state index contributed by atoms with van der Waals surface area (Å²) in [5.41, 5.74) is 0.267. The van der Waals surface area contributed by atoms with Crippen LogP contribution in [0.3, 0.4) is 0 Å². The molecular formula is C15H16N6O2S. The van der Waals surface area contributed by atoms with Crippen LogP contribution in [-0.4, -0.2) is 56.2 Å². The van der Waals surface area contributed by atoms with E-state index in [2.05, 4.69) is 15.0 Å². The smallest absolute Gasteiger partial charge is 0.291 e. The van der Waals surface area contributed by atoms with Gasteiger partial charge in [-0.25, -0.2) is 9.67 Å². The van der Waals surface area contributed by atoms with Crippen LogP contribution in [0.5, 0.6) is 0 Å². The normalized spacial score (nSPS) is 15.2. The van der Waals surface area contributed by atoms with E-state index in [9.17, 15) is 9.59 Å². The second-order valence-electron chi connectivity index (χ2n) is 5.58. The van der Waals surface area contributed by atoms with Crippen LogP contribution in [0.25, 0.3) is 5.52 Å². The SMILES string of the molecule is O=C(Cn1ncn2cccc2c1=O)N1CCN(c2nccs2)CC1. The molecule has 8 nitrogen and oxygen atoms in total. The maximum absolute atomic E-state index is 12.5. The third-order valence-corrected chi connectivity index (χ3v) is 4.99. The minimum absolute atomic E-state index is 0.0300. The van der Waals surface area contributed by atoms with Gasteiger partial charge in [0.2, 0.25) is 5.91 Å². The van der Waals surface area contributed by atoms with Crippen LogP contribution >= 0.6 is 11.3 Å². The van der Waals surface area contributed by atoms with Gasteiger partial charge in [-0.1, -0.05) is 0 Å². The van der Waals surface area contributed by atoms with Crippen molar-refractivity contribution in [2.24, 2.45) is 0 Å². The molecule has 9 heteroatoms. The lowest BCUT2D eigenvalue weighted by Gasteiger charge is -2.34. The molecule has 4 rings (SSSR count). The van der Waals surface area contributed by atoms with Crippen molar-refractivity contribution in [2.45, 2.75) is 6.54 Å². The molecule has 24 heavy (non-hydrogen) atoms. The van der Waals surface area contributed by atoms with E-state index in [4.69, 9.17) is 0 Å². The summed E-state index contributed by atoms with van der Waals surface area (Å²) in [6.45, 7) is 2.72. The minimum atomic E-state index is -0.253. The molecule has 3 aromatic rings. The number of aromatic nitrogens is 4. The summed E-state index contributed by atoms with van der Waals surface area (Å²) in [6.07, 6.45) is 5.09. The van der Waals surface area contributed by atoms with Crippen molar-refractivity contribution in [3.05, 3.63) is 46.6 Å². The van der Waals surface area contributed by atoms with Gasteiger partial charge in [0.25, 0.3) is 5.56 Å². The lowest BCUT2D eigenvalue weighted by atomic mass is 10.3. The first-order valence-corrected chi connectivity index (χ1v) is 8.55. The van der Waals surface area contributed by atoms with Gasteiger partial charge in [-0.3, -0.25) is 9.59 Å². The van der Waals surface area contributed by atoms with Gasteiger partial charge in [0.1, 0.15) is 18.4 Å². The van der Waals surface area contributed by atoms with Crippen LogP contribution in [-0.2, 0) is 11.3 Å². The fourth-order valence-corrected chi connectivity index (χ4v) is 3.54. The number of hydrogen-bond acceptors (Lipinski definition) is 6. The Labute approximate surface area is 141 Å². The highest BCUT2D eigenvalue weighted by Crippen LogP contribution is 2.18. The Morgan fingerprint density at radius 1 is 1.25 bits per heavy atom. The number of rotatable bonds is 3. The fraction of sp³-hybridized carbons (Fsp3) is 0.333. The van der Waals surface area contributed by atoms with Crippen molar-refractivity contribution < 1.29 is 4.79 Å². The molecule has 0 radical (unpaired) electrons. The van der Waals surface area contributed by atoms with Crippen molar-refractivity contribution in [3.63, 3.8) is 0 Å². The highest BCUT2D eigenvalue weighted by atomic mass is 32.1. The lowest BCUT2D eigenvalue weighted by Crippen LogP contribution is -2.50. The van der Waals surface area contributed by atoms with Gasteiger partial charge < -0.3 is 14.2 Å². The van der Waals surface area contributed by atoms with Crippen molar-refractivity contribution in [1.29, 1.82) is 0 Å². The summed E-state index contributed by atoms with van der Waals surface area (Å²) < 4.78 is 2.88. The Kier molecular flexibility index (Phi) is 3.77. The van der Waals surface area contributed by atoms with E-state index in [0.29, 0.717) is 18.6 Å². The molecule has 0 atom stereocenters. The fourth-order valence-electron chi connectivity index (χ4n) is 2.84. The third-order valence-electron chi connectivity index (χ3n) is 4.16. The summed E-state index contributed by atoms with van der Waals surface area (Å²) in [5.74, 6) is -0.0840. The summed E-state index contributed by atoms with van der Waals surface area (Å²) in [5, 5.41) is 7.00. The Hall–Kier alpha value is -2.68. The van der Waals surface area contributed by atoms with E-state index in [1.807, 2.05) is 5.38 Å². The topological polar surface area (TPSA) is 75.7 Å². The van der Waals surface area contributed by atoms with Crippen molar-refractivity contribution in [2.75, 3.05) is 31.1 Å². The number of hydrogen-bond donors (Lipinski definition) is 0. The van der Waals surface area contributed by atoms with E-state index in [0.717, 1.165) is 18.2 Å². The van der Waals surface area contributed by atoms with Gasteiger partial charge in [-0.15, -0.1) is 11.3 Å². The van der Waals surface area contributed by atoms with Crippen molar-refractivity contribution >= 4 is 27.9 Å². The molecule has 1 saturated heterocycles. The Morgan fingerprint density at radius 2 is 2.08 bits per heavy atom. The second-order valence-corrected chi connectivity index (χ2v) is 6.45. The van der Waals surface area contributed by atoms with E-state index < -0.39 is 0 Å². The van der Waals surface area contributed by atoms with Gasteiger partial charge in [0.05, 0.1) is 0 Å². The number of nitrogens with zero attached hydrogens (tertiary/aromatic N) is 6. The molecule has 4 heterocycles. The molecular weight excluding hydrogens is 328 g/mol. The number of amides is 1. The molecule has 3 aromatic heterocycles. The van der Waals surface area contributed by atoms with Gasteiger partial charge in [-0.2, -0.15) is 5.10 Å². The summed E-state index contributed by atoms with van der Waals surface area (Å²) in [7, 11) is 0. The predicted octanol–water partition coefficient (Wildman–Crippen LogP) is 0.301. The molecule has 124 valence electrons. The first-order valence-electron chi connectivity index (χ1n) is 7.67. The van der Waals surface area contributed by atoms with Gasteiger partial charge in [0, 0.05) is 44.0 Å². The van der Waals surface area contributed by atoms with Crippen LogP contribution in [0.2, 0.25) is 0 Å². The second kappa shape index (κ2) is 6.08. The van der Waals surface area contributed by atoms with Gasteiger partial charge in [0.15, 0.2) is 5.13 Å². The molecule has 1 aliphatic heterocycles. The molecule has 0 aliphatic carbocycles. The van der Waals surface area contributed by atoms with Gasteiger partial charge in [-0.05, 0) is 12.1 Å². The molecule has 1 amide bonds. The van der Waals surface area contributed by atoms with E-state index in [1.165, 1.54) is 4.68 Å². The largest absolute Gasteiger partial charge is 0.345 e. The zero-order chi connectivity index (χ0) is 16.5. The number of thiazole rings is 1. The Bertz CT molecular complexity index is 908. The summed E-state index contributed by atoms with van der Waals surface area (Å²) >= 11 is 1.60. The van der Waals surface area contributed by atoms with Crippen LogP contribution < -0.4 is 10.5 Å². The van der Waals surface area contributed by atoms with Gasteiger partial charge >= 0.3 is 0 Å². The van der Waals surface area contributed by atoms with E-state index >= 15 is 0 Å². The molecule has 0 unspecified atom stereocenters. The molecule has 0 aromatic carbocycles. The van der Waals surface area contributed by atoms with E-state index in [1.54, 1.807) is 51.5 Å². The third kappa shape index (κ3) is 2.67. The molecule has 0 saturated carbocycles. The number of carbonyl (C=O) groups is 1. The summed E-state index contributed by atoms with van der Waals surface area (Å²) in [4.78, 5) is 33.0. The molecule has 1 fully saturated rings. The summed E-state index contributed by atoms with van der Waals surface area (Å²) in [6, 6.07) is 3.50. The monoisotopic (exact) mass is 344 g/mol. The molecule has 0 bridgehead atoms. The average molecular weight is 344 g/mol. The Morgan fingerprint density at radius 3 is 2.83 bits per heavy atom. The van der Waals surface area contributed by atoms with Crippen LogP contribution in [0.1, 0.15) is 0 Å². The van der Waals surface area contributed by atoms with Crippen LogP contribution in [0, 0.1) is 0 Å². The Balaban J connectivity index is 1.43. The molecule has 1 aliphatic rings. The van der Waals surface area contributed by atoms with Crippen LogP contribution in [0.4, 0.5) is 5.13 Å². The molecule has 0 N–H and O–H groups in total. The van der Waals surface area contributed by atoms with E-state index in [-0.39, 0.29) is 18.0 Å². The first kappa shape index (κ1) is 14.9. The number of anilines is 1.